The lowest BCUT2D eigenvalue weighted by Gasteiger charge is -2.30. The van der Waals surface area contributed by atoms with Gasteiger partial charge in [0.2, 0.25) is 5.91 Å². The Morgan fingerprint density at radius 2 is 2.00 bits per heavy atom. The van der Waals surface area contributed by atoms with E-state index >= 15 is 0 Å². The Kier molecular flexibility index (Phi) is 4.73. The highest BCUT2D eigenvalue weighted by atomic mass is 16.5. The zero-order valence-electron chi connectivity index (χ0n) is 11.4. The van der Waals surface area contributed by atoms with Crippen molar-refractivity contribution >= 4 is 5.91 Å². The number of nitrogens with zero attached hydrogens (tertiary/aromatic N) is 1. The minimum absolute atomic E-state index is 0.0375. The first-order valence-corrected chi connectivity index (χ1v) is 5.95. The number of ether oxygens (including phenoxy) is 1. The van der Waals surface area contributed by atoms with E-state index in [-0.39, 0.29) is 12.5 Å². The van der Waals surface area contributed by atoms with Crippen LogP contribution in [0.1, 0.15) is 19.4 Å². The molecule has 0 atom stereocenters. The third kappa shape index (κ3) is 2.82. The molecule has 0 aliphatic rings. The van der Waals surface area contributed by atoms with Crippen LogP contribution in [0.2, 0.25) is 0 Å². The normalized spacial score (nSPS) is 11.2. The first-order valence-electron chi connectivity index (χ1n) is 5.95. The lowest BCUT2D eigenvalue weighted by atomic mass is 9.82. The summed E-state index contributed by atoms with van der Waals surface area (Å²) in [5.74, 6) is 0.661. The van der Waals surface area contributed by atoms with E-state index < -0.39 is 5.41 Å². The zero-order valence-corrected chi connectivity index (χ0v) is 11.4. The van der Waals surface area contributed by atoms with Crippen LogP contribution in [-0.4, -0.2) is 43.2 Å². The minimum Gasteiger partial charge on any atom is -0.496 e. The van der Waals surface area contributed by atoms with E-state index in [1.54, 1.807) is 14.2 Å². The van der Waals surface area contributed by atoms with Crippen molar-refractivity contribution in [3.63, 3.8) is 0 Å². The maximum Gasteiger partial charge on any atom is 0.232 e. The molecule has 0 unspecified atom stereocenters. The summed E-state index contributed by atoms with van der Waals surface area (Å²) in [5.41, 5.74) is 0.165. The molecular weight excluding hydrogens is 230 g/mol. The fraction of sp³-hybridized carbons (Fsp3) is 0.500. The lowest BCUT2D eigenvalue weighted by molar-refractivity contribution is -0.135. The molecule has 1 aromatic rings. The van der Waals surface area contributed by atoms with Gasteiger partial charge in [0.25, 0.3) is 0 Å². The molecule has 0 saturated heterocycles. The van der Waals surface area contributed by atoms with Gasteiger partial charge in [-0.2, -0.15) is 0 Å². The number of amides is 1. The van der Waals surface area contributed by atoms with Crippen molar-refractivity contribution in [1.82, 2.24) is 4.90 Å². The Hall–Kier alpha value is -1.55. The predicted octanol–water partition coefficient (Wildman–Crippen LogP) is 1.42. The number of hydrogen-bond acceptors (Lipinski definition) is 3. The standard InChI is InChI=1S/C14H21NO3/c1-14(2,13(17)15(3)9-10-16)11-7-5-6-8-12(11)18-4/h5-8,16H,9-10H2,1-4H3. The molecule has 0 aromatic heterocycles. The molecule has 0 fully saturated rings. The second-order valence-electron chi connectivity index (χ2n) is 4.78. The number of aliphatic hydroxyl groups excluding tert-OH is 1. The molecule has 100 valence electrons. The molecular formula is C14H21NO3. The van der Waals surface area contributed by atoms with Crippen LogP contribution in [0.5, 0.6) is 5.75 Å². The molecule has 0 aliphatic carbocycles. The number of methoxy groups -OCH3 is 1. The summed E-state index contributed by atoms with van der Waals surface area (Å²) in [4.78, 5) is 13.9. The number of hydrogen-bond donors (Lipinski definition) is 1. The molecule has 18 heavy (non-hydrogen) atoms. The van der Waals surface area contributed by atoms with Gasteiger partial charge >= 0.3 is 0 Å². The van der Waals surface area contributed by atoms with Crippen LogP contribution in [-0.2, 0) is 10.2 Å². The van der Waals surface area contributed by atoms with Crippen LogP contribution in [0.25, 0.3) is 0 Å². The largest absolute Gasteiger partial charge is 0.496 e. The Bertz CT molecular complexity index is 415. The summed E-state index contributed by atoms with van der Waals surface area (Å²) in [6, 6.07) is 7.50. The van der Waals surface area contributed by atoms with Crippen molar-refractivity contribution in [2.45, 2.75) is 19.3 Å². The molecule has 0 spiro atoms. The maximum atomic E-state index is 12.4. The number of benzene rings is 1. The number of likely N-dealkylation sites (N-methyl/N-ethyl adjacent to an activating group) is 1. The summed E-state index contributed by atoms with van der Waals surface area (Å²) in [7, 11) is 3.28. The Morgan fingerprint density at radius 1 is 1.39 bits per heavy atom. The molecule has 0 bridgehead atoms. The quantitative estimate of drug-likeness (QED) is 0.861. The molecule has 0 saturated carbocycles. The van der Waals surface area contributed by atoms with Gasteiger partial charge in [-0.1, -0.05) is 18.2 Å². The fourth-order valence-electron chi connectivity index (χ4n) is 2.00. The SMILES string of the molecule is COc1ccccc1C(C)(C)C(=O)N(C)CCO. The molecule has 4 heteroatoms. The highest BCUT2D eigenvalue weighted by Gasteiger charge is 2.34. The monoisotopic (exact) mass is 251 g/mol. The van der Waals surface area contributed by atoms with Crippen molar-refractivity contribution < 1.29 is 14.6 Å². The average Bonchev–Trinajstić information content (AvgIpc) is 2.38. The van der Waals surface area contributed by atoms with E-state index in [0.29, 0.717) is 12.3 Å². The number of carbonyl (C=O) groups excluding carboxylic acids is 1. The van der Waals surface area contributed by atoms with Gasteiger partial charge in [-0.15, -0.1) is 0 Å². The fourth-order valence-corrected chi connectivity index (χ4v) is 2.00. The molecule has 1 rings (SSSR count). The Morgan fingerprint density at radius 3 is 2.56 bits per heavy atom. The summed E-state index contributed by atoms with van der Waals surface area (Å²) in [5, 5.41) is 8.90. The van der Waals surface area contributed by atoms with Crippen molar-refractivity contribution in [2.24, 2.45) is 0 Å². The van der Waals surface area contributed by atoms with E-state index in [0.717, 1.165) is 5.56 Å². The minimum atomic E-state index is -0.684. The number of rotatable bonds is 5. The highest BCUT2D eigenvalue weighted by molar-refractivity contribution is 5.88. The smallest absolute Gasteiger partial charge is 0.232 e. The second-order valence-corrected chi connectivity index (χ2v) is 4.78. The van der Waals surface area contributed by atoms with Crippen molar-refractivity contribution in [3.8, 4) is 5.75 Å². The second kappa shape index (κ2) is 5.87. The molecule has 4 nitrogen and oxygen atoms in total. The molecule has 0 radical (unpaired) electrons. The van der Waals surface area contributed by atoms with E-state index in [2.05, 4.69) is 0 Å². The van der Waals surface area contributed by atoms with Crippen LogP contribution in [0, 0.1) is 0 Å². The van der Waals surface area contributed by atoms with Gasteiger partial charge in [0.05, 0.1) is 19.1 Å². The topological polar surface area (TPSA) is 49.8 Å². The van der Waals surface area contributed by atoms with E-state index in [9.17, 15) is 4.79 Å². The molecule has 1 amide bonds. The summed E-state index contributed by atoms with van der Waals surface area (Å²) in [6.45, 7) is 4.02. The number of carbonyl (C=O) groups is 1. The van der Waals surface area contributed by atoms with Crippen LogP contribution >= 0.6 is 0 Å². The molecule has 0 heterocycles. The van der Waals surface area contributed by atoms with E-state index in [1.165, 1.54) is 4.90 Å². The Balaban J connectivity index is 3.08. The maximum absolute atomic E-state index is 12.4. The van der Waals surface area contributed by atoms with Crippen molar-refractivity contribution in [3.05, 3.63) is 29.8 Å². The number of para-hydroxylation sites is 1. The van der Waals surface area contributed by atoms with Crippen molar-refractivity contribution in [1.29, 1.82) is 0 Å². The number of aliphatic hydroxyl groups is 1. The summed E-state index contributed by atoms with van der Waals surface area (Å²) in [6.07, 6.45) is 0. The van der Waals surface area contributed by atoms with Crippen LogP contribution in [0.3, 0.4) is 0 Å². The third-order valence-corrected chi connectivity index (χ3v) is 3.10. The van der Waals surface area contributed by atoms with Gasteiger partial charge < -0.3 is 14.7 Å². The predicted molar refractivity (Wildman–Crippen MR) is 70.7 cm³/mol. The molecule has 0 aliphatic heterocycles. The summed E-state index contributed by atoms with van der Waals surface area (Å²) >= 11 is 0. The van der Waals surface area contributed by atoms with E-state index in [1.807, 2.05) is 38.1 Å². The Labute approximate surface area is 108 Å². The van der Waals surface area contributed by atoms with E-state index in [4.69, 9.17) is 9.84 Å². The first kappa shape index (κ1) is 14.5. The average molecular weight is 251 g/mol. The van der Waals surface area contributed by atoms with Crippen LogP contribution in [0.4, 0.5) is 0 Å². The van der Waals surface area contributed by atoms with Crippen molar-refractivity contribution in [2.75, 3.05) is 27.3 Å². The van der Waals surface area contributed by atoms with Crippen LogP contribution < -0.4 is 4.74 Å². The van der Waals surface area contributed by atoms with Gasteiger partial charge in [0.15, 0.2) is 0 Å². The van der Waals surface area contributed by atoms with Gasteiger partial charge in [-0.05, 0) is 19.9 Å². The van der Waals surface area contributed by atoms with Gasteiger partial charge in [0.1, 0.15) is 5.75 Å². The van der Waals surface area contributed by atoms with Gasteiger partial charge in [-0.3, -0.25) is 4.79 Å². The highest BCUT2D eigenvalue weighted by Crippen LogP contribution is 2.32. The van der Waals surface area contributed by atoms with Gasteiger partial charge in [0, 0.05) is 19.2 Å². The molecule has 1 aromatic carbocycles. The first-order chi connectivity index (χ1) is 8.45. The van der Waals surface area contributed by atoms with Crippen LogP contribution in [0.15, 0.2) is 24.3 Å². The zero-order chi connectivity index (χ0) is 13.8. The van der Waals surface area contributed by atoms with Gasteiger partial charge in [-0.25, -0.2) is 0 Å². The summed E-state index contributed by atoms with van der Waals surface area (Å²) < 4.78 is 5.30. The molecule has 1 N–H and O–H groups in total. The lowest BCUT2D eigenvalue weighted by Crippen LogP contribution is -2.42. The third-order valence-electron chi connectivity index (χ3n) is 3.10.